The number of nitrogens with zero attached hydrogens (tertiary/aromatic N) is 9. The zero-order chi connectivity index (χ0) is 38.3. The van der Waals surface area contributed by atoms with Gasteiger partial charge in [-0.25, -0.2) is 15.0 Å². The van der Waals surface area contributed by atoms with Crippen LogP contribution in [0.4, 0.5) is 23.4 Å². The van der Waals surface area contributed by atoms with E-state index < -0.39 is 0 Å². The predicted octanol–water partition coefficient (Wildman–Crippen LogP) is 5.32. The van der Waals surface area contributed by atoms with Gasteiger partial charge in [0, 0.05) is 87.6 Å². The van der Waals surface area contributed by atoms with Crippen LogP contribution in [-0.2, 0) is 24.2 Å². The maximum Gasteiger partial charge on any atom is 0.253 e. The monoisotopic (exact) mass is 743 g/mol. The SMILES string of the molecule is COc1ccc(CN(Cc2ccc(OC)cc2)c2ncc(-c3nc(N4CCOCC4)nc4c3CCN4c3ccc(C(=O)N(C)CCN(C)C)cc3)cn2)cc1. The zero-order valence-corrected chi connectivity index (χ0v) is 32.3. The molecular weight excluding hydrogens is 695 g/mol. The average Bonchev–Trinajstić information content (AvgIpc) is 3.67. The van der Waals surface area contributed by atoms with Crippen LogP contribution in [0.25, 0.3) is 11.3 Å². The normalized spacial score (nSPS) is 13.9. The van der Waals surface area contributed by atoms with Crippen LogP contribution in [0.1, 0.15) is 27.0 Å². The molecule has 2 aromatic heterocycles. The fraction of sp³-hybridized carbons (Fsp3) is 0.357. The second kappa shape index (κ2) is 17.1. The van der Waals surface area contributed by atoms with Gasteiger partial charge in [-0.15, -0.1) is 0 Å². The number of methoxy groups -OCH3 is 2. The number of rotatable bonds is 14. The molecule has 0 atom stereocenters. The summed E-state index contributed by atoms with van der Waals surface area (Å²) in [7, 11) is 9.20. The Morgan fingerprint density at radius 3 is 1.93 bits per heavy atom. The van der Waals surface area contributed by atoms with Gasteiger partial charge in [0.15, 0.2) is 0 Å². The van der Waals surface area contributed by atoms with E-state index >= 15 is 0 Å². The first-order valence-corrected chi connectivity index (χ1v) is 18.6. The van der Waals surface area contributed by atoms with Crippen molar-refractivity contribution in [3.8, 4) is 22.8 Å². The van der Waals surface area contributed by atoms with Crippen molar-refractivity contribution in [3.63, 3.8) is 0 Å². The number of hydrogen-bond donors (Lipinski definition) is 0. The molecule has 1 fully saturated rings. The number of aromatic nitrogens is 4. The average molecular weight is 744 g/mol. The van der Waals surface area contributed by atoms with Crippen molar-refractivity contribution < 1.29 is 19.0 Å². The lowest BCUT2D eigenvalue weighted by Gasteiger charge is -2.28. The molecule has 1 saturated heterocycles. The van der Waals surface area contributed by atoms with Gasteiger partial charge in [0.25, 0.3) is 5.91 Å². The molecule has 13 heteroatoms. The zero-order valence-electron chi connectivity index (χ0n) is 32.3. The third-order valence-electron chi connectivity index (χ3n) is 10.0. The molecule has 4 heterocycles. The Hall–Kier alpha value is -5.79. The molecule has 3 aromatic carbocycles. The van der Waals surface area contributed by atoms with Crippen LogP contribution >= 0.6 is 0 Å². The Balaban J connectivity index is 1.19. The fourth-order valence-corrected chi connectivity index (χ4v) is 6.80. The van der Waals surface area contributed by atoms with Crippen molar-refractivity contribution in [2.75, 3.05) is 96.0 Å². The minimum absolute atomic E-state index is 0.00412. The molecule has 0 spiro atoms. The van der Waals surface area contributed by atoms with E-state index in [1.807, 2.05) is 82.1 Å². The van der Waals surface area contributed by atoms with E-state index in [1.54, 1.807) is 19.1 Å². The number of fused-ring (bicyclic) bond motifs is 1. The Bertz CT molecular complexity index is 1990. The highest BCUT2D eigenvalue weighted by Crippen LogP contribution is 2.39. The van der Waals surface area contributed by atoms with Crippen LogP contribution in [0.3, 0.4) is 0 Å². The molecular formula is C42H49N9O4. The summed E-state index contributed by atoms with van der Waals surface area (Å²) in [5.74, 6) is 3.75. The summed E-state index contributed by atoms with van der Waals surface area (Å²) in [5, 5.41) is 0. The van der Waals surface area contributed by atoms with Crippen LogP contribution in [0.5, 0.6) is 11.5 Å². The van der Waals surface area contributed by atoms with E-state index in [-0.39, 0.29) is 5.91 Å². The molecule has 7 rings (SSSR count). The van der Waals surface area contributed by atoms with Gasteiger partial charge >= 0.3 is 0 Å². The van der Waals surface area contributed by atoms with Crippen LogP contribution < -0.4 is 24.2 Å². The molecule has 5 aromatic rings. The first kappa shape index (κ1) is 37.5. The molecule has 0 radical (unpaired) electrons. The number of carbonyl (C=O) groups is 1. The van der Waals surface area contributed by atoms with E-state index in [4.69, 9.17) is 34.1 Å². The number of anilines is 4. The summed E-state index contributed by atoms with van der Waals surface area (Å²) in [6.45, 7) is 6.05. The summed E-state index contributed by atoms with van der Waals surface area (Å²) >= 11 is 0. The Morgan fingerprint density at radius 1 is 0.764 bits per heavy atom. The first-order valence-electron chi connectivity index (χ1n) is 18.6. The number of benzene rings is 3. The molecule has 0 aliphatic carbocycles. The quantitative estimate of drug-likeness (QED) is 0.147. The van der Waals surface area contributed by atoms with E-state index in [1.165, 1.54) is 0 Å². The lowest BCUT2D eigenvalue weighted by atomic mass is 10.1. The summed E-state index contributed by atoms with van der Waals surface area (Å²) in [6.07, 6.45) is 4.50. The van der Waals surface area contributed by atoms with Gasteiger partial charge in [-0.3, -0.25) is 4.79 Å². The van der Waals surface area contributed by atoms with Crippen molar-refractivity contribution >= 4 is 29.3 Å². The lowest BCUT2D eigenvalue weighted by molar-refractivity contribution is 0.0786. The molecule has 2 aliphatic heterocycles. The van der Waals surface area contributed by atoms with Gasteiger partial charge in [0.05, 0.1) is 33.1 Å². The Morgan fingerprint density at radius 2 is 1.36 bits per heavy atom. The first-order chi connectivity index (χ1) is 26.8. The molecule has 1 amide bonds. The second-order valence-corrected chi connectivity index (χ2v) is 14.1. The molecule has 13 nitrogen and oxygen atoms in total. The Kier molecular flexibility index (Phi) is 11.7. The highest BCUT2D eigenvalue weighted by Gasteiger charge is 2.30. The molecule has 0 saturated carbocycles. The van der Waals surface area contributed by atoms with Gasteiger partial charge in [0.1, 0.15) is 17.3 Å². The van der Waals surface area contributed by atoms with Crippen LogP contribution in [0.2, 0.25) is 0 Å². The highest BCUT2D eigenvalue weighted by molar-refractivity contribution is 5.94. The summed E-state index contributed by atoms with van der Waals surface area (Å²) in [5.41, 5.74) is 6.56. The maximum atomic E-state index is 13.1. The van der Waals surface area contributed by atoms with E-state index in [2.05, 4.69) is 43.9 Å². The number of amides is 1. The molecule has 55 heavy (non-hydrogen) atoms. The van der Waals surface area contributed by atoms with Gasteiger partial charge in [-0.05, 0) is 80.2 Å². The highest BCUT2D eigenvalue weighted by atomic mass is 16.5. The molecule has 286 valence electrons. The van der Waals surface area contributed by atoms with E-state index in [0.717, 1.165) is 70.5 Å². The van der Waals surface area contributed by atoms with E-state index in [0.29, 0.717) is 63.4 Å². The summed E-state index contributed by atoms with van der Waals surface area (Å²) in [4.78, 5) is 43.7. The van der Waals surface area contributed by atoms with Crippen molar-refractivity contribution in [1.29, 1.82) is 0 Å². The summed E-state index contributed by atoms with van der Waals surface area (Å²) in [6, 6.07) is 24.0. The van der Waals surface area contributed by atoms with Gasteiger partial charge in [-0.2, -0.15) is 4.98 Å². The topological polar surface area (TPSA) is 113 Å². The Labute approximate surface area is 323 Å². The minimum atomic E-state index is 0.00412. The third kappa shape index (κ3) is 8.79. The predicted molar refractivity (Wildman–Crippen MR) is 215 cm³/mol. The number of ether oxygens (including phenoxy) is 3. The molecule has 0 unspecified atom stereocenters. The molecule has 2 aliphatic rings. The fourth-order valence-electron chi connectivity index (χ4n) is 6.80. The van der Waals surface area contributed by atoms with Crippen molar-refractivity contribution in [1.82, 2.24) is 29.7 Å². The minimum Gasteiger partial charge on any atom is -0.497 e. The molecule has 0 N–H and O–H groups in total. The smallest absolute Gasteiger partial charge is 0.253 e. The van der Waals surface area contributed by atoms with Crippen molar-refractivity contribution in [2.45, 2.75) is 19.5 Å². The standard InChI is InChI=1S/C42H49N9O4/c1-47(2)20-21-48(3)40(52)32-10-12-34(13-11-32)51-19-18-37-38(45-42(46-39(37)51)49-22-24-55-25-23-49)33-26-43-41(44-27-33)50(28-30-6-14-35(53-4)15-7-30)29-31-8-16-36(54-5)17-9-31/h6-17,26-27H,18-25,28-29H2,1-5H3. The number of morpholine rings is 1. The van der Waals surface area contributed by atoms with Crippen molar-refractivity contribution in [3.05, 3.63) is 107 Å². The molecule has 0 bridgehead atoms. The number of likely N-dealkylation sites (N-methyl/N-ethyl adjacent to an activating group) is 2. The number of hydrogen-bond acceptors (Lipinski definition) is 12. The lowest BCUT2D eigenvalue weighted by Crippen LogP contribution is -2.37. The number of carbonyl (C=O) groups excluding carboxylic acids is 1. The van der Waals surface area contributed by atoms with Gasteiger partial charge < -0.3 is 38.7 Å². The van der Waals surface area contributed by atoms with E-state index in [9.17, 15) is 4.79 Å². The van der Waals surface area contributed by atoms with Crippen molar-refractivity contribution in [2.24, 2.45) is 0 Å². The largest absolute Gasteiger partial charge is 0.497 e. The van der Waals surface area contributed by atoms with Crippen LogP contribution in [0.15, 0.2) is 85.2 Å². The summed E-state index contributed by atoms with van der Waals surface area (Å²) < 4.78 is 16.4. The van der Waals surface area contributed by atoms with Gasteiger partial charge in [0.2, 0.25) is 11.9 Å². The third-order valence-corrected chi connectivity index (χ3v) is 10.0. The van der Waals surface area contributed by atoms with Gasteiger partial charge in [-0.1, -0.05) is 24.3 Å². The van der Waals surface area contributed by atoms with Crippen LogP contribution in [0, 0.1) is 0 Å². The second-order valence-electron chi connectivity index (χ2n) is 14.1. The van der Waals surface area contributed by atoms with Crippen LogP contribution in [-0.4, -0.2) is 117 Å². The maximum absolute atomic E-state index is 13.1.